The molecule has 0 atom stereocenters. The first kappa shape index (κ1) is 12.5. The highest BCUT2D eigenvalue weighted by Gasteiger charge is 2.13. The summed E-state index contributed by atoms with van der Waals surface area (Å²) in [5.74, 6) is 0.198. The van der Waals surface area contributed by atoms with Crippen molar-refractivity contribution in [3.8, 4) is 0 Å². The second kappa shape index (κ2) is 5.58. The fraction of sp³-hybridized carbons (Fsp3) is 0.571. The molecule has 0 saturated heterocycles. The van der Waals surface area contributed by atoms with E-state index in [1.54, 1.807) is 11.8 Å². The topological polar surface area (TPSA) is 40.9 Å². The Labute approximate surface area is 107 Å². The molecule has 1 aliphatic carbocycles. The second-order valence-corrected chi connectivity index (χ2v) is 6.09. The molecule has 1 aliphatic rings. The van der Waals surface area contributed by atoms with Crippen LogP contribution in [-0.2, 0) is 24.1 Å². The molecule has 0 amide bonds. The van der Waals surface area contributed by atoms with Gasteiger partial charge in [-0.25, -0.2) is 0 Å². The van der Waals surface area contributed by atoms with Crippen LogP contribution in [0, 0.1) is 5.41 Å². The van der Waals surface area contributed by atoms with Crippen LogP contribution in [0.4, 0.5) is 0 Å². The lowest BCUT2D eigenvalue weighted by molar-refractivity contribution is -0.117. The lowest BCUT2D eigenvalue weighted by Gasteiger charge is -2.08. The molecule has 0 saturated carbocycles. The van der Waals surface area contributed by atoms with Crippen LogP contribution in [0.15, 0.2) is 6.07 Å². The van der Waals surface area contributed by atoms with Crippen LogP contribution in [0.2, 0.25) is 0 Å². The van der Waals surface area contributed by atoms with Crippen molar-refractivity contribution in [1.29, 1.82) is 5.41 Å². The highest BCUT2D eigenvalue weighted by molar-refractivity contribution is 7.12. The molecule has 1 aromatic heterocycles. The number of carbonyl (C=O) groups is 1. The van der Waals surface area contributed by atoms with E-state index < -0.39 is 0 Å². The van der Waals surface area contributed by atoms with Gasteiger partial charge in [-0.1, -0.05) is 0 Å². The third-order valence-corrected chi connectivity index (χ3v) is 4.46. The van der Waals surface area contributed by atoms with Gasteiger partial charge in [-0.3, -0.25) is 4.79 Å². The highest BCUT2D eigenvalue weighted by atomic mass is 32.1. The molecule has 0 unspecified atom stereocenters. The summed E-state index contributed by atoms with van der Waals surface area (Å²) in [7, 11) is 0. The van der Waals surface area contributed by atoms with E-state index in [1.807, 2.05) is 11.3 Å². The minimum Gasteiger partial charge on any atom is -0.310 e. The number of nitrogens with one attached hydrogen (secondary N) is 1. The van der Waals surface area contributed by atoms with Crippen molar-refractivity contribution in [1.82, 2.24) is 0 Å². The van der Waals surface area contributed by atoms with E-state index in [0.717, 1.165) is 6.42 Å². The Hall–Kier alpha value is -0.960. The smallest absolute Gasteiger partial charge is 0.138 e. The van der Waals surface area contributed by atoms with Crippen molar-refractivity contribution >= 4 is 22.8 Å². The van der Waals surface area contributed by atoms with Crippen LogP contribution < -0.4 is 0 Å². The van der Waals surface area contributed by atoms with Crippen LogP contribution in [-0.4, -0.2) is 11.5 Å². The van der Waals surface area contributed by atoms with E-state index in [-0.39, 0.29) is 5.78 Å². The number of carbonyl (C=O) groups excluding carboxylic acids is 1. The fourth-order valence-electron chi connectivity index (χ4n) is 2.32. The molecule has 0 aliphatic heterocycles. The molecular formula is C14H19NOS. The number of fused-ring (bicyclic) bond motifs is 1. The van der Waals surface area contributed by atoms with Crippen molar-refractivity contribution in [2.24, 2.45) is 0 Å². The summed E-state index contributed by atoms with van der Waals surface area (Å²) < 4.78 is 0. The van der Waals surface area contributed by atoms with Crippen molar-refractivity contribution in [2.45, 2.75) is 51.9 Å². The van der Waals surface area contributed by atoms with Gasteiger partial charge in [-0.2, -0.15) is 0 Å². The van der Waals surface area contributed by atoms with Gasteiger partial charge < -0.3 is 5.41 Å². The monoisotopic (exact) mass is 249 g/mol. The maximum absolute atomic E-state index is 11.5. The summed E-state index contributed by atoms with van der Waals surface area (Å²) in [6, 6.07) is 2.30. The second-order valence-electron chi connectivity index (χ2n) is 4.86. The molecule has 0 aromatic carbocycles. The predicted molar refractivity (Wildman–Crippen MR) is 72.3 cm³/mol. The molecule has 0 spiro atoms. The zero-order chi connectivity index (χ0) is 12.3. The molecule has 0 radical (unpaired) electrons. The van der Waals surface area contributed by atoms with Gasteiger partial charge in [0.05, 0.1) is 0 Å². The van der Waals surface area contributed by atoms with E-state index in [9.17, 15) is 4.79 Å². The quantitative estimate of drug-likeness (QED) is 0.796. The Morgan fingerprint density at radius 2 is 2.18 bits per heavy atom. The van der Waals surface area contributed by atoms with Gasteiger partial charge in [-0.05, 0) is 50.7 Å². The van der Waals surface area contributed by atoms with Gasteiger partial charge in [0.2, 0.25) is 0 Å². The van der Waals surface area contributed by atoms with E-state index in [0.29, 0.717) is 18.6 Å². The van der Waals surface area contributed by atoms with Crippen LogP contribution in [0.5, 0.6) is 0 Å². The van der Waals surface area contributed by atoms with E-state index in [2.05, 4.69) is 6.07 Å². The molecule has 2 nitrogen and oxygen atoms in total. The minimum atomic E-state index is 0.198. The number of ketones is 1. The first-order valence-electron chi connectivity index (χ1n) is 6.31. The number of hydrogen-bond donors (Lipinski definition) is 1. The largest absolute Gasteiger partial charge is 0.310 e. The van der Waals surface area contributed by atoms with Crippen LogP contribution in [0.3, 0.4) is 0 Å². The Balaban J connectivity index is 1.89. The van der Waals surface area contributed by atoms with Gasteiger partial charge in [0.25, 0.3) is 0 Å². The highest BCUT2D eigenvalue weighted by Crippen LogP contribution is 2.30. The molecule has 17 heavy (non-hydrogen) atoms. The number of thiophene rings is 1. The maximum Gasteiger partial charge on any atom is 0.138 e. The molecule has 1 heterocycles. The first-order chi connectivity index (χ1) is 8.15. The van der Waals surface area contributed by atoms with Gasteiger partial charge in [0.15, 0.2) is 0 Å². The third kappa shape index (κ3) is 3.50. The summed E-state index contributed by atoms with van der Waals surface area (Å²) in [5.41, 5.74) is 1.99. The summed E-state index contributed by atoms with van der Waals surface area (Å²) in [4.78, 5) is 14.4. The Kier molecular flexibility index (Phi) is 4.11. The van der Waals surface area contributed by atoms with Gasteiger partial charge in [0.1, 0.15) is 5.78 Å². The number of aryl methyl sites for hydroxylation is 3. The van der Waals surface area contributed by atoms with Crippen LogP contribution >= 0.6 is 11.3 Å². The zero-order valence-electron chi connectivity index (χ0n) is 10.3. The normalized spacial score (nSPS) is 14.4. The number of Topliss-reactive ketones (excluding diaryl/α,β-unsaturated/α-hetero) is 1. The standard InChI is InChI=1S/C14H19NOS/c1-10(15)8-12(16)6-7-13-9-11-4-2-3-5-14(11)17-13/h9,15H,2-8H2,1H3. The lowest BCUT2D eigenvalue weighted by Crippen LogP contribution is -2.04. The van der Waals surface area contributed by atoms with Crippen LogP contribution in [0.25, 0.3) is 0 Å². The fourth-order valence-corrected chi connectivity index (χ4v) is 3.58. The summed E-state index contributed by atoms with van der Waals surface area (Å²) in [5, 5.41) is 7.30. The van der Waals surface area contributed by atoms with E-state index >= 15 is 0 Å². The molecule has 0 fully saturated rings. The average molecular weight is 249 g/mol. The zero-order valence-corrected chi connectivity index (χ0v) is 11.2. The van der Waals surface area contributed by atoms with E-state index in [1.165, 1.54) is 36.1 Å². The molecular weight excluding hydrogens is 230 g/mol. The summed E-state index contributed by atoms with van der Waals surface area (Å²) in [6.45, 7) is 1.70. The summed E-state index contributed by atoms with van der Waals surface area (Å²) >= 11 is 1.89. The Morgan fingerprint density at radius 1 is 1.41 bits per heavy atom. The SMILES string of the molecule is CC(=N)CC(=O)CCc1cc2c(s1)CCCC2. The van der Waals surface area contributed by atoms with Crippen molar-refractivity contribution < 1.29 is 4.79 Å². The molecule has 2 rings (SSSR count). The van der Waals surface area contributed by atoms with E-state index in [4.69, 9.17) is 5.41 Å². The Morgan fingerprint density at radius 3 is 2.88 bits per heavy atom. The lowest BCUT2D eigenvalue weighted by atomic mass is 9.99. The van der Waals surface area contributed by atoms with Gasteiger partial charge in [0, 0.05) is 28.3 Å². The molecule has 92 valence electrons. The maximum atomic E-state index is 11.5. The molecule has 3 heteroatoms. The van der Waals surface area contributed by atoms with Crippen molar-refractivity contribution in [2.75, 3.05) is 0 Å². The molecule has 1 N–H and O–H groups in total. The summed E-state index contributed by atoms with van der Waals surface area (Å²) in [6.07, 6.45) is 6.87. The molecule has 1 aromatic rings. The van der Waals surface area contributed by atoms with Gasteiger partial charge >= 0.3 is 0 Å². The molecule has 0 bridgehead atoms. The minimum absolute atomic E-state index is 0.198. The van der Waals surface area contributed by atoms with Gasteiger partial charge in [-0.15, -0.1) is 11.3 Å². The third-order valence-electron chi connectivity index (χ3n) is 3.16. The van der Waals surface area contributed by atoms with Crippen molar-refractivity contribution in [3.05, 3.63) is 21.4 Å². The number of rotatable bonds is 5. The number of hydrogen-bond acceptors (Lipinski definition) is 3. The average Bonchev–Trinajstić information content (AvgIpc) is 2.68. The first-order valence-corrected chi connectivity index (χ1v) is 7.13. The predicted octanol–water partition coefficient (Wildman–Crippen LogP) is 3.56. The van der Waals surface area contributed by atoms with Crippen LogP contribution in [0.1, 0.15) is 47.9 Å². The van der Waals surface area contributed by atoms with Crippen molar-refractivity contribution in [3.63, 3.8) is 0 Å². The Bertz CT molecular complexity index is 410.